The van der Waals surface area contributed by atoms with Crippen LogP contribution < -0.4 is 5.32 Å². The Morgan fingerprint density at radius 3 is 2.46 bits per heavy atom. The lowest BCUT2D eigenvalue weighted by Crippen LogP contribution is -2.63. The first-order chi connectivity index (χ1) is 16.5. The normalized spacial score (nSPS) is 23.7. The van der Waals surface area contributed by atoms with Crippen LogP contribution in [0.2, 0.25) is 0 Å². The standard InChI is InChI=1S/C27H33N5O3/c1-17(2)18-6-8-20(9-7-18)27(34,26(4)15-32(5)16-26)21-10-19(12-28-13-21)23-30-24(35-31-23)25(3)11-22(33)29-14-25/h6-10,12-13,17,34H,11,14-16H2,1-5H3,(H,29,33)/t25?,27-/m0/s1. The van der Waals surface area contributed by atoms with E-state index in [2.05, 4.69) is 65.3 Å². The molecule has 1 unspecified atom stereocenters. The Bertz CT molecular complexity index is 1250. The third-order valence-electron chi connectivity index (χ3n) is 7.69. The van der Waals surface area contributed by atoms with Crippen molar-refractivity contribution in [1.82, 2.24) is 25.3 Å². The third-order valence-corrected chi connectivity index (χ3v) is 7.69. The van der Waals surface area contributed by atoms with Gasteiger partial charge in [0.05, 0.1) is 5.41 Å². The molecule has 0 saturated carbocycles. The zero-order valence-electron chi connectivity index (χ0n) is 21.0. The van der Waals surface area contributed by atoms with Gasteiger partial charge < -0.3 is 19.8 Å². The van der Waals surface area contributed by atoms with Crippen molar-refractivity contribution in [1.29, 1.82) is 0 Å². The fourth-order valence-corrected chi connectivity index (χ4v) is 5.62. The van der Waals surface area contributed by atoms with Crippen molar-refractivity contribution in [3.63, 3.8) is 0 Å². The van der Waals surface area contributed by atoms with Gasteiger partial charge in [-0.05, 0) is 37.1 Å². The van der Waals surface area contributed by atoms with Gasteiger partial charge in [-0.2, -0.15) is 4.98 Å². The molecule has 0 spiro atoms. The van der Waals surface area contributed by atoms with Gasteiger partial charge in [-0.1, -0.05) is 50.2 Å². The number of aromatic nitrogens is 3. The second kappa shape index (κ2) is 8.24. The molecule has 1 aromatic carbocycles. The molecule has 2 N–H and O–H groups in total. The number of amides is 1. The molecule has 2 aliphatic rings. The van der Waals surface area contributed by atoms with Crippen molar-refractivity contribution in [2.24, 2.45) is 5.41 Å². The Balaban J connectivity index is 1.55. The molecular formula is C27H33N5O3. The molecule has 2 saturated heterocycles. The second-order valence-electron chi connectivity index (χ2n) is 11.1. The average molecular weight is 476 g/mol. The summed E-state index contributed by atoms with van der Waals surface area (Å²) < 4.78 is 5.56. The number of hydrogen-bond acceptors (Lipinski definition) is 7. The minimum atomic E-state index is -1.25. The van der Waals surface area contributed by atoms with Crippen molar-refractivity contribution in [2.45, 2.75) is 51.0 Å². The zero-order valence-corrected chi connectivity index (χ0v) is 21.0. The Morgan fingerprint density at radius 1 is 1.14 bits per heavy atom. The topological polar surface area (TPSA) is 104 Å². The maximum Gasteiger partial charge on any atom is 0.235 e. The number of carbonyl (C=O) groups is 1. The molecule has 1 amide bonds. The number of hydrogen-bond donors (Lipinski definition) is 2. The molecule has 2 fully saturated rings. The average Bonchev–Trinajstić information content (AvgIpc) is 3.45. The third kappa shape index (κ3) is 3.85. The lowest BCUT2D eigenvalue weighted by molar-refractivity contribution is -0.127. The summed E-state index contributed by atoms with van der Waals surface area (Å²) in [6, 6.07) is 10.2. The summed E-state index contributed by atoms with van der Waals surface area (Å²) in [5.74, 6) is 1.20. The predicted octanol–water partition coefficient (Wildman–Crippen LogP) is 3.22. The highest BCUT2D eigenvalue weighted by molar-refractivity contribution is 5.80. The van der Waals surface area contributed by atoms with Gasteiger partial charge >= 0.3 is 0 Å². The Labute approximate surface area is 205 Å². The molecule has 3 aromatic rings. The van der Waals surface area contributed by atoms with Crippen molar-refractivity contribution in [2.75, 3.05) is 26.7 Å². The highest BCUT2D eigenvalue weighted by Crippen LogP contribution is 2.50. The van der Waals surface area contributed by atoms with E-state index in [-0.39, 0.29) is 5.91 Å². The van der Waals surface area contributed by atoms with Crippen LogP contribution in [0.5, 0.6) is 0 Å². The van der Waals surface area contributed by atoms with E-state index < -0.39 is 16.4 Å². The van der Waals surface area contributed by atoms with Gasteiger partial charge in [0.15, 0.2) is 0 Å². The van der Waals surface area contributed by atoms with E-state index >= 15 is 0 Å². The zero-order chi connectivity index (χ0) is 25.0. The lowest BCUT2D eigenvalue weighted by atomic mass is 9.62. The van der Waals surface area contributed by atoms with Crippen molar-refractivity contribution in [3.05, 3.63) is 65.3 Å². The fraction of sp³-hybridized carbons (Fsp3) is 0.481. The van der Waals surface area contributed by atoms with E-state index in [0.717, 1.165) is 18.7 Å². The van der Waals surface area contributed by atoms with E-state index in [9.17, 15) is 9.90 Å². The molecule has 0 bridgehead atoms. The molecule has 8 heteroatoms. The molecule has 4 heterocycles. The first kappa shape index (κ1) is 23.6. The molecule has 0 aliphatic carbocycles. The van der Waals surface area contributed by atoms with Gasteiger partial charge in [-0.3, -0.25) is 9.78 Å². The number of likely N-dealkylation sites (tertiary alicyclic amines) is 1. The van der Waals surface area contributed by atoms with E-state index in [1.807, 2.05) is 25.1 Å². The summed E-state index contributed by atoms with van der Waals surface area (Å²) >= 11 is 0. The lowest BCUT2D eigenvalue weighted by Gasteiger charge is -2.55. The van der Waals surface area contributed by atoms with Crippen LogP contribution in [0.15, 0.2) is 47.2 Å². The van der Waals surface area contributed by atoms with E-state index in [0.29, 0.717) is 41.7 Å². The Hall–Kier alpha value is -3.10. The van der Waals surface area contributed by atoms with E-state index in [1.165, 1.54) is 5.56 Å². The van der Waals surface area contributed by atoms with Crippen LogP contribution in [0.4, 0.5) is 0 Å². The van der Waals surface area contributed by atoms with Gasteiger partial charge in [0.1, 0.15) is 5.60 Å². The summed E-state index contributed by atoms with van der Waals surface area (Å²) in [6.45, 7) is 10.3. The molecule has 8 nitrogen and oxygen atoms in total. The highest BCUT2D eigenvalue weighted by atomic mass is 16.5. The van der Waals surface area contributed by atoms with Gasteiger partial charge in [0, 0.05) is 55.0 Å². The quantitative estimate of drug-likeness (QED) is 0.564. The monoisotopic (exact) mass is 475 g/mol. The van der Waals surface area contributed by atoms with Crippen LogP contribution in [0.1, 0.15) is 62.6 Å². The summed E-state index contributed by atoms with van der Waals surface area (Å²) in [6.07, 6.45) is 3.71. The minimum Gasteiger partial charge on any atom is -0.380 e. The number of aliphatic hydroxyl groups is 1. The smallest absolute Gasteiger partial charge is 0.235 e. The maximum atomic E-state index is 12.4. The highest BCUT2D eigenvalue weighted by Gasteiger charge is 2.55. The van der Waals surface area contributed by atoms with Crippen LogP contribution in [0.25, 0.3) is 11.4 Å². The number of nitrogens with one attached hydrogen (secondary N) is 1. The van der Waals surface area contributed by atoms with Crippen molar-refractivity contribution in [3.8, 4) is 11.4 Å². The summed E-state index contributed by atoms with van der Waals surface area (Å²) in [7, 11) is 2.06. The first-order valence-corrected chi connectivity index (χ1v) is 12.1. The summed E-state index contributed by atoms with van der Waals surface area (Å²) in [5.41, 5.74) is 1.24. The molecule has 2 aliphatic heterocycles. The van der Waals surface area contributed by atoms with Crippen LogP contribution in [-0.4, -0.2) is 57.7 Å². The molecule has 0 radical (unpaired) electrons. The number of benzene rings is 1. The van der Waals surface area contributed by atoms with Gasteiger partial charge in [-0.15, -0.1) is 0 Å². The van der Waals surface area contributed by atoms with Crippen LogP contribution >= 0.6 is 0 Å². The fourth-order valence-electron chi connectivity index (χ4n) is 5.62. The van der Waals surface area contributed by atoms with Crippen LogP contribution in [-0.2, 0) is 15.8 Å². The summed E-state index contributed by atoms with van der Waals surface area (Å²) in [4.78, 5) is 23.0. The molecule has 2 atom stereocenters. The molecule has 35 heavy (non-hydrogen) atoms. The molecule has 184 valence electrons. The summed E-state index contributed by atoms with van der Waals surface area (Å²) in [5, 5.41) is 19.4. The van der Waals surface area contributed by atoms with Crippen LogP contribution in [0.3, 0.4) is 0 Å². The van der Waals surface area contributed by atoms with E-state index in [1.54, 1.807) is 12.4 Å². The Kier molecular flexibility index (Phi) is 5.56. The molecule has 2 aromatic heterocycles. The number of rotatable bonds is 6. The number of pyridine rings is 1. The largest absolute Gasteiger partial charge is 0.380 e. The SMILES string of the molecule is CC(C)c1ccc([C@](O)(c2cncc(-c3noc(C4(C)CNC(=O)C4)n3)c2)C2(C)CN(C)C2)cc1. The second-order valence-corrected chi connectivity index (χ2v) is 11.1. The first-order valence-electron chi connectivity index (χ1n) is 12.1. The van der Waals surface area contributed by atoms with Gasteiger partial charge in [0.2, 0.25) is 17.6 Å². The maximum absolute atomic E-state index is 12.4. The Morgan fingerprint density at radius 2 is 1.86 bits per heavy atom. The predicted molar refractivity (Wildman–Crippen MR) is 132 cm³/mol. The molecule has 5 rings (SSSR count). The van der Waals surface area contributed by atoms with Gasteiger partial charge in [0.25, 0.3) is 0 Å². The van der Waals surface area contributed by atoms with E-state index in [4.69, 9.17) is 4.52 Å². The minimum absolute atomic E-state index is 0.0248. The number of carbonyl (C=O) groups excluding carboxylic acids is 1. The molecular weight excluding hydrogens is 442 g/mol. The van der Waals surface area contributed by atoms with Crippen molar-refractivity contribution >= 4 is 5.91 Å². The van der Waals surface area contributed by atoms with Gasteiger partial charge in [-0.25, -0.2) is 0 Å². The van der Waals surface area contributed by atoms with Crippen LogP contribution in [0, 0.1) is 5.41 Å². The number of nitrogens with zero attached hydrogens (tertiary/aromatic N) is 4. The van der Waals surface area contributed by atoms with Crippen molar-refractivity contribution < 1.29 is 14.4 Å².